The summed E-state index contributed by atoms with van der Waals surface area (Å²) in [5, 5.41) is 3.72. The van der Waals surface area contributed by atoms with Crippen LogP contribution in [0.3, 0.4) is 0 Å². The number of nitrogens with zero attached hydrogens (tertiary/aromatic N) is 1. The summed E-state index contributed by atoms with van der Waals surface area (Å²) in [6, 6.07) is 0.630. The van der Waals surface area contributed by atoms with Crippen LogP contribution in [0.4, 0.5) is 0 Å². The zero-order valence-corrected chi connectivity index (χ0v) is 9.67. The van der Waals surface area contributed by atoms with E-state index in [1.165, 1.54) is 32.2 Å². The van der Waals surface area contributed by atoms with Gasteiger partial charge < -0.3 is 15.0 Å². The minimum Gasteiger partial charge on any atom is -0.371 e. The highest BCUT2D eigenvalue weighted by atomic mass is 16.5. The smallest absolute Gasteiger partial charge is 0.0976 e. The summed E-state index contributed by atoms with van der Waals surface area (Å²) >= 11 is 0. The molecule has 3 aliphatic rings. The molecule has 3 nitrogen and oxygen atoms in total. The number of hydrogen-bond donors (Lipinski definition) is 1. The van der Waals surface area contributed by atoms with Crippen LogP contribution in [0.25, 0.3) is 0 Å². The molecule has 0 aromatic rings. The van der Waals surface area contributed by atoms with E-state index in [1.54, 1.807) is 0 Å². The van der Waals surface area contributed by atoms with Crippen molar-refractivity contribution in [1.82, 2.24) is 10.2 Å². The Hall–Kier alpha value is -0.120. The lowest BCUT2D eigenvalue weighted by atomic mass is 9.72. The van der Waals surface area contributed by atoms with Gasteiger partial charge in [0.25, 0.3) is 0 Å². The Balaban J connectivity index is 1.77. The summed E-state index contributed by atoms with van der Waals surface area (Å²) in [7, 11) is 2.21. The summed E-state index contributed by atoms with van der Waals surface area (Å²) < 4.78 is 6.16. The van der Waals surface area contributed by atoms with Gasteiger partial charge in [0.1, 0.15) is 0 Å². The maximum atomic E-state index is 6.16. The van der Waals surface area contributed by atoms with Crippen LogP contribution in [-0.2, 0) is 4.74 Å². The van der Waals surface area contributed by atoms with Crippen molar-refractivity contribution >= 4 is 0 Å². The molecule has 1 N–H and O–H groups in total. The fraction of sp³-hybridized carbons (Fsp3) is 1.00. The maximum Gasteiger partial charge on any atom is 0.0976 e. The maximum absolute atomic E-state index is 6.16. The van der Waals surface area contributed by atoms with Gasteiger partial charge in [-0.3, -0.25) is 0 Å². The van der Waals surface area contributed by atoms with E-state index in [9.17, 15) is 0 Å². The number of likely N-dealkylation sites (N-methyl/N-ethyl adjacent to an activating group) is 1. The van der Waals surface area contributed by atoms with Crippen LogP contribution in [0, 0.1) is 5.92 Å². The number of hydrogen-bond acceptors (Lipinski definition) is 3. The van der Waals surface area contributed by atoms with E-state index in [0.29, 0.717) is 6.04 Å². The lowest BCUT2D eigenvalue weighted by molar-refractivity contribution is -0.110. The molecule has 0 aromatic carbocycles. The molecule has 0 aromatic heterocycles. The fourth-order valence-corrected chi connectivity index (χ4v) is 3.48. The second kappa shape index (κ2) is 3.72. The molecule has 3 fully saturated rings. The topological polar surface area (TPSA) is 24.5 Å². The van der Waals surface area contributed by atoms with E-state index < -0.39 is 0 Å². The van der Waals surface area contributed by atoms with E-state index in [2.05, 4.69) is 17.3 Å². The molecule has 3 heteroatoms. The third-order valence-electron chi connectivity index (χ3n) is 4.50. The van der Waals surface area contributed by atoms with Crippen LogP contribution in [0.1, 0.15) is 25.7 Å². The number of nitrogens with one attached hydrogen (secondary N) is 1. The molecule has 1 spiro atoms. The van der Waals surface area contributed by atoms with Crippen LogP contribution in [0.2, 0.25) is 0 Å². The summed E-state index contributed by atoms with van der Waals surface area (Å²) in [4.78, 5) is 2.42. The Morgan fingerprint density at radius 3 is 2.87 bits per heavy atom. The SMILES string of the molecule is CN1CCC2(C1)OCCNC2C1CCC1. The van der Waals surface area contributed by atoms with Crippen LogP contribution in [-0.4, -0.2) is 49.8 Å². The second-order valence-corrected chi connectivity index (χ2v) is 5.52. The number of likely N-dealkylation sites (tertiary alicyclic amines) is 1. The molecule has 0 radical (unpaired) electrons. The Bertz CT molecular complexity index is 238. The Morgan fingerprint density at radius 2 is 2.27 bits per heavy atom. The Kier molecular flexibility index (Phi) is 2.49. The molecule has 15 heavy (non-hydrogen) atoms. The van der Waals surface area contributed by atoms with Crippen molar-refractivity contribution < 1.29 is 4.74 Å². The molecule has 86 valence electrons. The highest BCUT2D eigenvalue weighted by molar-refractivity contribution is 5.05. The standard InChI is InChI=1S/C12H22N2O/c1-14-7-5-12(9-14)11(10-3-2-4-10)13-6-8-15-12/h10-11,13H,2-9H2,1H3. The van der Waals surface area contributed by atoms with E-state index in [-0.39, 0.29) is 5.60 Å². The first-order valence-electron chi connectivity index (χ1n) is 6.36. The second-order valence-electron chi connectivity index (χ2n) is 5.52. The fourth-order valence-electron chi connectivity index (χ4n) is 3.48. The monoisotopic (exact) mass is 210 g/mol. The molecule has 2 heterocycles. The summed E-state index contributed by atoms with van der Waals surface area (Å²) in [6.07, 6.45) is 5.46. The number of rotatable bonds is 1. The van der Waals surface area contributed by atoms with E-state index in [1.807, 2.05) is 0 Å². The van der Waals surface area contributed by atoms with Gasteiger partial charge in [-0.2, -0.15) is 0 Å². The van der Waals surface area contributed by atoms with Gasteiger partial charge in [0.15, 0.2) is 0 Å². The molecule has 2 atom stereocenters. The van der Waals surface area contributed by atoms with Crippen molar-refractivity contribution in [3.8, 4) is 0 Å². The molecule has 0 amide bonds. The highest BCUT2D eigenvalue weighted by Crippen LogP contribution is 2.40. The van der Waals surface area contributed by atoms with Gasteiger partial charge in [0.2, 0.25) is 0 Å². The average molecular weight is 210 g/mol. The average Bonchev–Trinajstić information content (AvgIpc) is 2.50. The predicted molar refractivity (Wildman–Crippen MR) is 59.9 cm³/mol. The first kappa shape index (κ1) is 10.1. The Labute approximate surface area is 92.2 Å². The lowest BCUT2D eigenvalue weighted by Crippen LogP contribution is -2.63. The van der Waals surface area contributed by atoms with Crippen LogP contribution < -0.4 is 5.32 Å². The highest BCUT2D eigenvalue weighted by Gasteiger charge is 2.50. The van der Waals surface area contributed by atoms with Crippen molar-refractivity contribution in [1.29, 1.82) is 0 Å². The zero-order chi connectivity index (χ0) is 10.3. The molecule has 0 bridgehead atoms. The molecular weight excluding hydrogens is 188 g/mol. The first-order valence-corrected chi connectivity index (χ1v) is 6.36. The van der Waals surface area contributed by atoms with Gasteiger partial charge in [0.05, 0.1) is 12.2 Å². The van der Waals surface area contributed by atoms with E-state index >= 15 is 0 Å². The van der Waals surface area contributed by atoms with Gasteiger partial charge in [-0.05, 0) is 32.2 Å². The molecule has 3 rings (SSSR count). The first-order chi connectivity index (χ1) is 7.30. The van der Waals surface area contributed by atoms with Crippen molar-refractivity contribution in [2.75, 3.05) is 33.3 Å². The quantitative estimate of drug-likeness (QED) is 0.694. The molecule has 1 aliphatic carbocycles. The molecule has 1 saturated carbocycles. The minimum absolute atomic E-state index is 0.151. The summed E-state index contributed by atoms with van der Waals surface area (Å²) in [5.41, 5.74) is 0.151. The van der Waals surface area contributed by atoms with Gasteiger partial charge in [-0.15, -0.1) is 0 Å². The summed E-state index contributed by atoms with van der Waals surface area (Å²) in [5.74, 6) is 0.886. The molecule has 2 saturated heterocycles. The molecule has 2 unspecified atom stereocenters. The van der Waals surface area contributed by atoms with Gasteiger partial charge >= 0.3 is 0 Å². The third-order valence-corrected chi connectivity index (χ3v) is 4.50. The van der Waals surface area contributed by atoms with Gasteiger partial charge in [0, 0.05) is 25.7 Å². The van der Waals surface area contributed by atoms with Crippen molar-refractivity contribution in [2.24, 2.45) is 5.92 Å². The van der Waals surface area contributed by atoms with E-state index in [4.69, 9.17) is 4.74 Å². The zero-order valence-electron chi connectivity index (χ0n) is 9.67. The van der Waals surface area contributed by atoms with Gasteiger partial charge in [-0.1, -0.05) is 6.42 Å². The third kappa shape index (κ3) is 1.61. The molecular formula is C12H22N2O. The van der Waals surface area contributed by atoms with E-state index in [0.717, 1.165) is 25.6 Å². The Morgan fingerprint density at radius 1 is 1.40 bits per heavy atom. The number of morpholine rings is 1. The minimum atomic E-state index is 0.151. The lowest BCUT2D eigenvalue weighted by Gasteiger charge is -2.48. The van der Waals surface area contributed by atoms with Crippen molar-refractivity contribution in [3.05, 3.63) is 0 Å². The van der Waals surface area contributed by atoms with Crippen LogP contribution >= 0.6 is 0 Å². The van der Waals surface area contributed by atoms with Gasteiger partial charge in [-0.25, -0.2) is 0 Å². The van der Waals surface area contributed by atoms with Crippen molar-refractivity contribution in [2.45, 2.75) is 37.3 Å². The molecule has 2 aliphatic heterocycles. The predicted octanol–water partition coefficient (Wildman–Crippen LogP) is 0.849. The normalized spacial score (nSPS) is 43.4. The largest absolute Gasteiger partial charge is 0.371 e. The summed E-state index contributed by atoms with van der Waals surface area (Å²) in [6.45, 7) is 4.27. The van der Waals surface area contributed by atoms with Crippen molar-refractivity contribution in [3.63, 3.8) is 0 Å². The van der Waals surface area contributed by atoms with Crippen LogP contribution in [0.5, 0.6) is 0 Å². The van der Waals surface area contributed by atoms with Crippen LogP contribution in [0.15, 0.2) is 0 Å². The number of ether oxygens (including phenoxy) is 1.